The van der Waals surface area contributed by atoms with E-state index in [1.165, 1.54) is 23.5 Å². The second-order valence-corrected chi connectivity index (χ2v) is 9.13. The lowest BCUT2D eigenvalue weighted by Gasteiger charge is -2.09. The van der Waals surface area contributed by atoms with Crippen molar-refractivity contribution < 1.29 is 0 Å². The number of hydrogen-bond acceptors (Lipinski definition) is 0. The molecule has 1 rings (SSSR count). The Kier molecular flexibility index (Phi) is 5.07. The molecule has 0 bridgehead atoms. The summed E-state index contributed by atoms with van der Waals surface area (Å²) in [5, 5.41) is 0. The Bertz CT molecular complexity index is 254. The first-order chi connectivity index (χ1) is 6.58. The summed E-state index contributed by atoms with van der Waals surface area (Å²) >= 11 is 0. The van der Waals surface area contributed by atoms with E-state index in [1.54, 1.807) is 0 Å². The summed E-state index contributed by atoms with van der Waals surface area (Å²) in [6.07, 6.45) is 2.43. The van der Waals surface area contributed by atoms with Crippen LogP contribution < -0.4 is 0 Å². The molecule has 0 aliphatic heterocycles. The van der Waals surface area contributed by atoms with Gasteiger partial charge in [0.2, 0.25) is 0 Å². The van der Waals surface area contributed by atoms with Gasteiger partial charge >= 0.3 is 0 Å². The number of hydrogen-bond donors (Lipinski definition) is 0. The lowest BCUT2D eigenvalue weighted by molar-refractivity contribution is 1.30. The first-order valence-electron chi connectivity index (χ1n) is 4.87. The van der Waals surface area contributed by atoms with Crippen LogP contribution in [0.3, 0.4) is 0 Å². The standard InChI is InChI=1S/C12H19P2/c1-13(2)9-11-6-5-7-12(8-11)10-14(3)4/h5-7H,9-10H2,1-4H3. The molecule has 0 aliphatic rings. The van der Waals surface area contributed by atoms with Gasteiger partial charge in [-0.05, 0) is 56.2 Å². The van der Waals surface area contributed by atoms with E-state index in [9.17, 15) is 0 Å². The molecule has 1 radical (unpaired) electrons. The third-order valence-electron chi connectivity index (χ3n) is 1.89. The smallest absolute Gasteiger partial charge is 0.00718 e. The van der Waals surface area contributed by atoms with E-state index in [1.807, 2.05) is 0 Å². The molecule has 0 saturated heterocycles. The summed E-state index contributed by atoms with van der Waals surface area (Å²) in [4.78, 5) is 0. The molecule has 0 spiro atoms. The molecule has 1 aromatic carbocycles. The molecule has 2 heteroatoms. The summed E-state index contributed by atoms with van der Waals surface area (Å²) in [7, 11) is 0.329. The van der Waals surface area contributed by atoms with Gasteiger partial charge < -0.3 is 0 Å². The van der Waals surface area contributed by atoms with Crippen molar-refractivity contribution in [2.45, 2.75) is 12.3 Å². The minimum Gasteiger partial charge on any atom is -0.109 e. The lowest BCUT2D eigenvalue weighted by atomic mass is 10.2. The zero-order valence-electron chi connectivity index (χ0n) is 9.54. The van der Waals surface area contributed by atoms with Gasteiger partial charge in [0.1, 0.15) is 0 Å². The Morgan fingerprint density at radius 1 is 0.929 bits per heavy atom. The topological polar surface area (TPSA) is 0 Å². The van der Waals surface area contributed by atoms with Crippen molar-refractivity contribution in [2.24, 2.45) is 0 Å². The van der Waals surface area contributed by atoms with E-state index in [0.29, 0.717) is 0 Å². The molecule has 0 nitrogen and oxygen atoms in total. The van der Waals surface area contributed by atoms with Gasteiger partial charge in [-0.2, -0.15) is 0 Å². The monoisotopic (exact) mass is 225 g/mol. The molecule has 1 aromatic rings. The fraction of sp³-hybridized carbons (Fsp3) is 0.500. The van der Waals surface area contributed by atoms with E-state index in [4.69, 9.17) is 0 Å². The van der Waals surface area contributed by atoms with Gasteiger partial charge in [-0.25, -0.2) is 0 Å². The summed E-state index contributed by atoms with van der Waals surface area (Å²) in [6.45, 7) is 9.29. The van der Waals surface area contributed by atoms with Gasteiger partial charge in [0.05, 0.1) is 0 Å². The van der Waals surface area contributed by atoms with Crippen LogP contribution in [0.1, 0.15) is 11.1 Å². The Labute approximate surface area is 90.6 Å². The molecule has 0 fully saturated rings. The minimum atomic E-state index is 0.165. The molecule has 0 atom stereocenters. The average molecular weight is 225 g/mol. The molecule has 0 unspecified atom stereocenters. The van der Waals surface area contributed by atoms with Crippen LogP contribution in [-0.2, 0) is 12.3 Å². The fourth-order valence-corrected chi connectivity index (χ4v) is 3.17. The highest BCUT2D eigenvalue weighted by Crippen LogP contribution is 2.33. The van der Waals surface area contributed by atoms with Crippen LogP contribution in [0.15, 0.2) is 18.2 Å². The maximum absolute atomic E-state index is 3.54. The van der Waals surface area contributed by atoms with Crippen LogP contribution in [0.5, 0.6) is 0 Å². The Hall–Kier alpha value is 0.0800. The van der Waals surface area contributed by atoms with E-state index >= 15 is 0 Å². The van der Waals surface area contributed by atoms with E-state index < -0.39 is 0 Å². The first-order valence-corrected chi connectivity index (χ1v) is 9.72. The lowest BCUT2D eigenvalue weighted by Crippen LogP contribution is -1.88. The van der Waals surface area contributed by atoms with Crippen molar-refractivity contribution in [3.8, 4) is 0 Å². The van der Waals surface area contributed by atoms with Gasteiger partial charge in [0, 0.05) is 0 Å². The minimum absolute atomic E-state index is 0.165. The quantitative estimate of drug-likeness (QED) is 0.680. The second kappa shape index (κ2) is 5.84. The predicted molar refractivity (Wildman–Crippen MR) is 70.2 cm³/mol. The second-order valence-electron chi connectivity index (χ2n) is 4.18. The SMILES string of the molecule is CP(C)Cc1[c]c(CP(C)C)ccc1. The molecular formula is C12H19P2. The molecule has 0 aromatic heterocycles. The summed E-state index contributed by atoms with van der Waals surface area (Å²) in [6, 6.07) is 10.1. The largest absolute Gasteiger partial charge is 0.109 e. The van der Waals surface area contributed by atoms with Crippen molar-refractivity contribution in [3.63, 3.8) is 0 Å². The van der Waals surface area contributed by atoms with Crippen molar-refractivity contribution in [1.29, 1.82) is 0 Å². The molecule has 0 amide bonds. The van der Waals surface area contributed by atoms with Gasteiger partial charge in [-0.1, -0.05) is 18.2 Å². The van der Waals surface area contributed by atoms with Crippen molar-refractivity contribution in [1.82, 2.24) is 0 Å². The van der Waals surface area contributed by atoms with Crippen molar-refractivity contribution in [2.75, 3.05) is 26.7 Å². The molecule has 0 aliphatic carbocycles. The summed E-state index contributed by atoms with van der Waals surface area (Å²) in [5.74, 6) is 0. The molecule has 0 N–H and O–H groups in total. The zero-order chi connectivity index (χ0) is 10.6. The molecule has 0 saturated carbocycles. The zero-order valence-corrected chi connectivity index (χ0v) is 11.3. The summed E-state index contributed by atoms with van der Waals surface area (Å²) in [5.41, 5.74) is 2.80. The molecule has 77 valence electrons. The van der Waals surface area contributed by atoms with Gasteiger partial charge in [-0.3, -0.25) is 0 Å². The van der Waals surface area contributed by atoms with Gasteiger partial charge in [0.25, 0.3) is 0 Å². The van der Waals surface area contributed by atoms with Crippen molar-refractivity contribution >= 4 is 15.8 Å². The molecule has 0 heterocycles. The highest BCUT2D eigenvalue weighted by molar-refractivity contribution is 7.55. The highest BCUT2D eigenvalue weighted by atomic mass is 31.1. The highest BCUT2D eigenvalue weighted by Gasteiger charge is 2.01. The number of benzene rings is 1. The Balaban J connectivity index is 2.68. The van der Waals surface area contributed by atoms with Crippen LogP contribution in [0.2, 0.25) is 0 Å². The third-order valence-corrected chi connectivity index (χ3v) is 3.84. The van der Waals surface area contributed by atoms with Gasteiger partial charge in [-0.15, -0.1) is 15.8 Å². The van der Waals surface area contributed by atoms with Crippen molar-refractivity contribution in [3.05, 3.63) is 35.4 Å². The number of rotatable bonds is 4. The third kappa shape index (κ3) is 4.54. The van der Waals surface area contributed by atoms with Crippen LogP contribution in [0, 0.1) is 6.07 Å². The van der Waals surface area contributed by atoms with Crippen LogP contribution in [0.4, 0.5) is 0 Å². The van der Waals surface area contributed by atoms with E-state index in [2.05, 4.69) is 50.9 Å². The molecule has 14 heavy (non-hydrogen) atoms. The first kappa shape index (κ1) is 12.2. The Morgan fingerprint density at radius 2 is 1.36 bits per heavy atom. The normalized spacial score (nSPS) is 11.3. The maximum atomic E-state index is 3.54. The maximum Gasteiger partial charge on any atom is -0.00718 e. The van der Waals surface area contributed by atoms with E-state index in [0.717, 1.165) is 0 Å². The van der Waals surface area contributed by atoms with Crippen LogP contribution in [0.25, 0.3) is 0 Å². The fourth-order valence-electron chi connectivity index (χ4n) is 1.44. The van der Waals surface area contributed by atoms with Gasteiger partial charge in [0.15, 0.2) is 0 Å². The van der Waals surface area contributed by atoms with Crippen LogP contribution >= 0.6 is 15.8 Å². The summed E-state index contributed by atoms with van der Waals surface area (Å²) < 4.78 is 0. The average Bonchev–Trinajstić information content (AvgIpc) is 2.01. The Morgan fingerprint density at radius 3 is 1.71 bits per heavy atom. The molecular weight excluding hydrogens is 206 g/mol. The van der Waals surface area contributed by atoms with Crippen LogP contribution in [-0.4, -0.2) is 26.7 Å². The van der Waals surface area contributed by atoms with E-state index in [-0.39, 0.29) is 15.8 Å². The predicted octanol–water partition coefficient (Wildman–Crippen LogP) is 3.97.